The molecule has 0 saturated carbocycles. The third kappa shape index (κ3) is 7.79. The number of nitrogens with zero attached hydrogens (tertiary/aromatic N) is 3. The van der Waals surface area contributed by atoms with E-state index in [-0.39, 0.29) is 17.5 Å². The minimum Gasteiger partial charge on any atom is -0.490 e. The van der Waals surface area contributed by atoms with Crippen molar-refractivity contribution in [3.63, 3.8) is 0 Å². The fourth-order valence-electron chi connectivity index (χ4n) is 6.85. The van der Waals surface area contributed by atoms with Crippen molar-refractivity contribution in [3.05, 3.63) is 97.0 Å². The van der Waals surface area contributed by atoms with Crippen molar-refractivity contribution >= 4 is 17.4 Å². The van der Waals surface area contributed by atoms with Crippen LogP contribution >= 0.6 is 0 Å². The number of rotatable bonds is 13. The maximum atomic E-state index is 14.6. The predicted octanol–water partition coefficient (Wildman–Crippen LogP) is 9.14. The number of hydrogen-bond donors (Lipinski definition) is 1. The number of halogens is 1. The molecule has 1 aliphatic heterocycles. The maximum Gasteiger partial charge on any atom is 0.340 e. The number of ether oxygens (including phenoxy) is 3. The Morgan fingerprint density at radius 3 is 2.42 bits per heavy atom. The van der Waals surface area contributed by atoms with E-state index in [0.29, 0.717) is 54.3 Å². The molecule has 2 aromatic heterocycles. The van der Waals surface area contributed by atoms with Crippen molar-refractivity contribution < 1.29 is 28.5 Å². The zero-order chi connectivity index (χ0) is 36.4. The average molecular weight is 684 g/mol. The standard InChI is InChI=1S/C41H50FN3O5/c1-10-13-28(4)49-34-17-16-31(42)25-32(34)29-14-12-15-30(24-29)33-26-45-35(43-33)23-27(3)36(41(9,38(46)47)50-39(5,6)7)37(45)44-20-18-40(8,19-21-44)48-22-11-2/h10-12,14-17,23-26,28H,1-2,13,18-22H2,3-9H3,(H,46,47)/t28-,41-/m0/s1. The lowest BCUT2D eigenvalue weighted by Gasteiger charge is -2.43. The van der Waals surface area contributed by atoms with Gasteiger partial charge < -0.3 is 24.2 Å². The van der Waals surface area contributed by atoms with Crippen LogP contribution in [0.25, 0.3) is 28.0 Å². The van der Waals surface area contributed by atoms with E-state index in [1.54, 1.807) is 25.1 Å². The first-order valence-corrected chi connectivity index (χ1v) is 17.2. The topological polar surface area (TPSA) is 85.5 Å². The summed E-state index contributed by atoms with van der Waals surface area (Å²) in [5, 5.41) is 10.8. The van der Waals surface area contributed by atoms with Crippen molar-refractivity contribution in [2.75, 3.05) is 24.6 Å². The van der Waals surface area contributed by atoms with Gasteiger partial charge in [-0.05, 0) is 103 Å². The lowest BCUT2D eigenvalue weighted by molar-refractivity contribution is -0.183. The first kappa shape index (κ1) is 36.8. The number of aromatic nitrogens is 2. The maximum absolute atomic E-state index is 14.6. The molecule has 0 radical (unpaired) electrons. The second-order valence-corrected chi connectivity index (χ2v) is 14.6. The van der Waals surface area contributed by atoms with Gasteiger partial charge in [-0.3, -0.25) is 4.40 Å². The molecule has 3 heterocycles. The fraction of sp³-hybridized carbons (Fsp3) is 0.415. The van der Waals surface area contributed by atoms with Crippen LogP contribution in [0.2, 0.25) is 0 Å². The highest BCUT2D eigenvalue weighted by molar-refractivity contribution is 5.84. The number of carboxylic acid groups (broad SMARTS) is 1. The third-order valence-corrected chi connectivity index (χ3v) is 9.23. The van der Waals surface area contributed by atoms with Crippen LogP contribution in [0.3, 0.4) is 0 Å². The molecule has 0 spiro atoms. The summed E-state index contributed by atoms with van der Waals surface area (Å²) in [6.45, 7) is 22.6. The Hall–Kier alpha value is -4.47. The molecule has 4 aromatic rings. The third-order valence-electron chi connectivity index (χ3n) is 9.23. The van der Waals surface area contributed by atoms with E-state index in [1.165, 1.54) is 12.1 Å². The van der Waals surface area contributed by atoms with Crippen molar-refractivity contribution in [2.24, 2.45) is 0 Å². The number of piperidine rings is 1. The number of imidazole rings is 1. The van der Waals surface area contributed by atoms with Crippen molar-refractivity contribution in [2.45, 2.75) is 90.6 Å². The van der Waals surface area contributed by atoms with Gasteiger partial charge in [0.15, 0.2) is 5.60 Å². The summed E-state index contributed by atoms with van der Waals surface area (Å²) < 4.78 is 35.3. The number of pyridine rings is 1. The summed E-state index contributed by atoms with van der Waals surface area (Å²) in [4.78, 5) is 20.4. The Morgan fingerprint density at radius 2 is 1.78 bits per heavy atom. The minimum absolute atomic E-state index is 0.130. The molecule has 8 nitrogen and oxygen atoms in total. The highest BCUT2D eigenvalue weighted by Gasteiger charge is 2.45. The molecule has 2 atom stereocenters. The highest BCUT2D eigenvalue weighted by Crippen LogP contribution is 2.43. The molecule has 9 heteroatoms. The van der Waals surface area contributed by atoms with Crippen LogP contribution in [0.15, 0.2) is 80.0 Å². The van der Waals surface area contributed by atoms with Gasteiger partial charge in [0.05, 0.1) is 29.6 Å². The van der Waals surface area contributed by atoms with E-state index >= 15 is 0 Å². The summed E-state index contributed by atoms with van der Waals surface area (Å²) in [6.07, 6.45) is 7.51. The van der Waals surface area contributed by atoms with Gasteiger partial charge in [-0.15, -0.1) is 13.2 Å². The lowest BCUT2D eigenvalue weighted by Crippen LogP contribution is -2.48. The molecule has 266 valence electrons. The molecule has 1 saturated heterocycles. The van der Waals surface area contributed by atoms with Crippen LogP contribution in [-0.4, -0.2) is 57.5 Å². The van der Waals surface area contributed by atoms with E-state index in [0.717, 1.165) is 35.3 Å². The summed E-state index contributed by atoms with van der Waals surface area (Å²) in [5.74, 6) is -0.125. The molecule has 1 aliphatic rings. The van der Waals surface area contributed by atoms with E-state index in [1.807, 2.05) is 75.5 Å². The lowest BCUT2D eigenvalue weighted by atomic mass is 9.88. The number of carbonyl (C=O) groups is 1. The van der Waals surface area contributed by atoms with Crippen LogP contribution in [-0.2, 0) is 19.9 Å². The quantitative estimate of drug-likeness (QED) is 0.141. The van der Waals surface area contributed by atoms with Gasteiger partial charge in [-0.1, -0.05) is 30.4 Å². The second kappa shape index (κ2) is 14.4. The number of carboxylic acids is 1. The summed E-state index contributed by atoms with van der Waals surface area (Å²) in [6, 6.07) is 14.2. The summed E-state index contributed by atoms with van der Waals surface area (Å²) >= 11 is 0. The van der Waals surface area contributed by atoms with E-state index in [4.69, 9.17) is 19.2 Å². The Bertz CT molecular complexity index is 1890. The Kier molecular flexibility index (Phi) is 10.6. The molecule has 0 unspecified atom stereocenters. The molecule has 1 N–H and O–H groups in total. The monoisotopic (exact) mass is 683 g/mol. The number of aliphatic carboxylic acids is 1. The molecular formula is C41H50FN3O5. The number of fused-ring (bicyclic) bond motifs is 1. The molecule has 0 aliphatic carbocycles. The molecule has 0 amide bonds. The number of benzene rings is 2. The molecular weight excluding hydrogens is 633 g/mol. The second-order valence-electron chi connectivity index (χ2n) is 14.6. The van der Waals surface area contributed by atoms with Gasteiger partial charge in [0, 0.05) is 42.4 Å². The smallest absolute Gasteiger partial charge is 0.340 e. The largest absolute Gasteiger partial charge is 0.490 e. The van der Waals surface area contributed by atoms with E-state index in [2.05, 4.69) is 25.0 Å². The Labute approximate surface area is 295 Å². The summed E-state index contributed by atoms with van der Waals surface area (Å²) in [5.41, 5.74) is 2.22. The molecule has 50 heavy (non-hydrogen) atoms. The Balaban J connectivity index is 1.66. The van der Waals surface area contributed by atoms with Crippen molar-refractivity contribution in [1.29, 1.82) is 0 Å². The fourth-order valence-corrected chi connectivity index (χ4v) is 6.85. The predicted molar refractivity (Wildman–Crippen MR) is 197 cm³/mol. The van der Waals surface area contributed by atoms with Gasteiger partial charge >= 0.3 is 5.97 Å². The average Bonchev–Trinajstić information content (AvgIpc) is 3.47. The van der Waals surface area contributed by atoms with Crippen LogP contribution in [0.4, 0.5) is 10.2 Å². The first-order chi connectivity index (χ1) is 23.6. The Morgan fingerprint density at radius 1 is 1.08 bits per heavy atom. The highest BCUT2D eigenvalue weighted by atomic mass is 19.1. The van der Waals surface area contributed by atoms with E-state index in [9.17, 15) is 14.3 Å². The SMILES string of the molecule is C=CCOC1(C)CCN(c2c([C@](C)(OC(C)(C)C)C(=O)O)c(C)cc3nc(-c4cccc(-c5cc(F)ccc5O[C@@H](C)CC=C)c4)cn23)CC1. The zero-order valence-corrected chi connectivity index (χ0v) is 30.4. The van der Waals surface area contributed by atoms with Crippen LogP contribution in [0, 0.1) is 12.7 Å². The molecule has 0 bridgehead atoms. The van der Waals surface area contributed by atoms with Crippen LogP contribution < -0.4 is 9.64 Å². The molecule has 1 fully saturated rings. The van der Waals surface area contributed by atoms with Crippen molar-refractivity contribution in [3.8, 4) is 28.1 Å². The van der Waals surface area contributed by atoms with Gasteiger partial charge in [0.1, 0.15) is 23.0 Å². The minimum atomic E-state index is -1.66. The van der Waals surface area contributed by atoms with Gasteiger partial charge in [0.2, 0.25) is 0 Å². The van der Waals surface area contributed by atoms with E-state index < -0.39 is 17.2 Å². The van der Waals surface area contributed by atoms with Crippen LogP contribution in [0.1, 0.15) is 71.9 Å². The summed E-state index contributed by atoms with van der Waals surface area (Å²) in [7, 11) is 0. The van der Waals surface area contributed by atoms with Gasteiger partial charge in [0.25, 0.3) is 0 Å². The molecule has 5 rings (SSSR count). The number of aryl methyl sites for hydroxylation is 1. The number of anilines is 1. The first-order valence-electron chi connectivity index (χ1n) is 17.2. The van der Waals surface area contributed by atoms with Crippen molar-refractivity contribution in [1.82, 2.24) is 9.38 Å². The number of hydrogen-bond acceptors (Lipinski definition) is 6. The normalized spacial score (nSPS) is 16.5. The van der Waals surface area contributed by atoms with Crippen LogP contribution in [0.5, 0.6) is 5.75 Å². The molecule has 2 aromatic carbocycles. The van der Waals surface area contributed by atoms with Gasteiger partial charge in [-0.25, -0.2) is 14.2 Å². The zero-order valence-electron chi connectivity index (χ0n) is 30.4. The van der Waals surface area contributed by atoms with Gasteiger partial charge in [-0.2, -0.15) is 0 Å².